The van der Waals surface area contributed by atoms with E-state index < -0.39 is 143 Å². The molecule has 1 unspecified atom stereocenters. The second-order valence-corrected chi connectivity index (χ2v) is 25.6. The van der Waals surface area contributed by atoms with E-state index in [1.54, 1.807) is 24.3 Å². The van der Waals surface area contributed by atoms with Crippen molar-refractivity contribution < 1.29 is 69.3 Å². The number of phosphoric acid groups is 1. The fourth-order valence-electron chi connectivity index (χ4n) is 8.26. The number of phosphoric ester groups is 1. The van der Waals surface area contributed by atoms with Crippen LogP contribution in [0.2, 0.25) is 18.1 Å². The lowest BCUT2D eigenvalue weighted by Crippen LogP contribution is -2.50. The van der Waals surface area contributed by atoms with Gasteiger partial charge in [-0.3, -0.25) is 32.3 Å². The SMILES string of the molecule is CO[C@@H]1[C@H](O[Si](C)(C)C(C)(C)C)[C@@H](COP(=O)(OCc2ccccc2C(F)(F)F)O[C@H]2[C@@H](OC)[C@H](n3ccc(=O)n(COCc4ccccc4)c3=O)O[C@@H]2CO)O[C@H]1n1ccc(=O)n(COCc2ccccc2)c1=O. The molecule has 7 rings (SSSR count). The number of aliphatic hydroxyl groups is 1. The van der Waals surface area contributed by atoms with Crippen molar-refractivity contribution in [1.29, 1.82) is 0 Å². The van der Waals surface area contributed by atoms with Gasteiger partial charge in [0.1, 0.15) is 50.1 Å². The van der Waals surface area contributed by atoms with Crippen molar-refractivity contribution >= 4 is 16.1 Å². The van der Waals surface area contributed by atoms with E-state index in [4.69, 9.17) is 46.4 Å². The maximum atomic E-state index is 15.3. The van der Waals surface area contributed by atoms with Crippen molar-refractivity contribution in [1.82, 2.24) is 18.3 Å². The topological polar surface area (TPSA) is 218 Å². The molecule has 0 radical (unpaired) electrons. The predicted octanol–water partition coefficient (Wildman–Crippen LogP) is 6.34. The van der Waals surface area contributed by atoms with Gasteiger partial charge in [0.25, 0.3) is 11.1 Å². The molecule has 0 bridgehead atoms. The highest BCUT2D eigenvalue weighted by atomic mass is 31.2. The lowest BCUT2D eigenvalue weighted by atomic mass is 10.1. The van der Waals surface area contributed by atoms with Crippen LogP contribution in [0.5, 0.6) is 0 Å². The van der Waals surface area contributed by atoms with Crippen molar-refractivity contribution in [3.05, 3.63) is 173 Å². The van der Waals surface area contributed by atoms with Crippen LogP contribution in [0.15, 0.2) is 129 Å². The van der Waals surface area contributed by atoms with Crippen LogP contribution in [0.25, 0.3) is 0 Å². The Morgan fingerprint density at radius 3 is 1.60 bits per heavy atom. The fraction of sp³-hybridized carbons (Fsp3) is 0.480. The molecule has 2 aliphatic rings. The summed E-state index contributed by atoms with van der Waals surface area (Å²) >= 11 is 0. The molecule has 2 fully saturated rings. The maximum absolute atomic E-state index is 15.3. The van der Waals surface area contributed by atoms with Crippen LogP contribution in [0, 0.1) is 0 Å². The molecule has 0 spiro atoms. The number of aliphatic hydroxyl groups excluding tert-OH is 1. The summed E-state index contributed by atoms with van der Waals surface area (Å²) in [5.41, 5.74) is -3.09. The highest BCUT2D eigenvalue weighted by Crippen LogP contribution is 2.55. The molecule has 1 N–H and O–H groups in total. The average molecular weight is 1090 g/mol. The molecule has 408 valence electrons. The largest absolute Gasteiger partial charge is 0.475 e. The molecule has 3 aromatic carbocycles. The van der Waals surface area contributed by atoms with Crippen LogP contribution in [0.4, 0.5) is 13.2 Å². The Labute approximate surface area is 430 Å². The summed E-state index contributed by atoms with van der Waals surface area (Å²) in [6.45, 7) is 6.53. The minimum atomic E-state index is -5.24. The first-order chi connectivity index (χ1) is 35.6. The zero-order chi connectivity index (χ0) is 54.3. The molecule has 0 saturated carbocycles. The Bertz CT molecular complexity index is 2990. The van der Waals surface area contributed by atoms with Crippen LogP contribution in [0.1, 0.15) is 55.5 Å². The summed E-state index contributed by atoms with van der Waals surface area (Å²) in [6.07, 6.45) is -13.3. The summed E-state index contributed by atoms with van der Waals surface area (Å²) in [4.78, 5) is 54.2. The van der Waals surface area contributed by atoms with Gasteiger partial charge < -0.3 is 38.0 Å². The summed E-state index contributed by atoms with van der Waals surface area (Å²) in [6, 6.07) is 24.8. The standard InChI is InChI=1S/C50H62F3N4O16PSi/c1-49(2,3)75(6,7)73-42-38(71-46(44(42)65-5)55-25-23-40(60)57(48(55)62)32-67-28-34-18-12-9-13-19-34)30-69-74(63,68-29-35-20-14-15-21-36(35)50(51,52)53)72-41-37(26-58)70-45(43(41)64-4)54-24-22-39(59)56(47(54)61)31-66-27-33-16-10-8-11-17-33/h8-25,37-38,41-46,58H,26-32H2,1-7H3/t37-,38-,41-,42-,43-,44-,45-,46-,74?/m1/s1. The first kappa shape index (κ1) is 57.5. The van der Waals surface area contributed by atoms with E-state index in [2.05, 4.69) is 0 Å². The third-order valence-corrected chi connectivity index (χ3v) is 19.2. The van der Waals surface area contributed by atoms with Gasteiger partial charge in [-0.2, -0.15) is 13.2 Å². The summed E-state index contributed by atoms with van der Waals surface area (Å²) < 4.78 is 123. The van der Waals surface area contributed by atoms with Gasteiger partial charge in [-0.1, -0.05) is 99.6 Å². The number of methoxy groups -OCH3 is 2. The summed E-state index contributed by atoms with van der Waals surface area (Å²) in [5, 5.41) is 10.3. The number of ether oxygens (including phenoxy) is 6. The van der Waals surface area contributed by atoms with E-state index in [9.17, 15) is 37.5 Å². The number of halogens is 3. The van der Waals surface area contributed by atoms with Gasteiger partial charge in [0.2, 0.25) is 0 Å². The van der Waals surface area contributed by atoms with E-state index in [0.29, 0.717) is 0 Å². The first-order valence-corrected chi connectivity index (χ1v) is 28.2. The molecule has 0 aliphatic carbocycles. The van der Waals surface area contributed by atoms with Crippen molar-refractivity contribution in [2.24, 2.45) is 0 Å². The van der Waals surface area contributed by atoms with Gasteiger partial charge in [-0.05, 0) is 40.9 Å². The second kappa shape index (κ2) is 24.4. The van der Waals surface area contributed by atoms with Crippen LogP contribution in [-0.4, -0.2) is 95.7 Å². The highest BCUT2D eigenvalue weighted by molar-refractivity contribution is 7.48. The van der Waals surface area contributed by atoms with Crippen LogP contribution < -0.4 is 22.5 Å². The smallest absolute Gasteiger partial charge is 0.408 e. The Kier molecular flexibility index (Phi) is 18.7. The number of rotatable bonds is 23. The van der Waals surface area contributed by atoms with Crippen molar-refractivity contribution in [3.8, 4) is 0 Å². The number of nitrogens with zero attached hydrogens (tertiary/aromatic N) is 4. The number of aromatic nitrogens is 4. The van der Waals surface area contributed by atoms with Crippen molar-refractivity contribution in [2.75, 3.05) is 27.4 Å². The Morgan fingerprint density at radius 1 is 0.640 bits per heavy atom. The summed E-state index contributed by atoms with van der Waals surface area (Å²) in [5.74, 6) is 0. The van der Waals surface area contributed by atoms with E-state index >= 15 is 4.57 Å². The van der Waals surface area contributed by atoms with Crippen molar-refractivity contribution in [3.63, 3.8) is 0 Å². The third kappa shape index (κ3) is 13.5. The summed E-state index contributed by atoms with van der Waals surface area (Å²) in [7, 11) is -5.49. The molecule has 0 amide bonds. The molecular weight excluding hydrogens is 1030 g/mol. The molecule has 2 aliphatic heterocycles. The quantitative estimate of drug-likeness (QED) is 0.0558. The molecule has 4 heterocycles. The predicted molar refractivity (Wildman–Crippen MR) is 266 cm³/mol. The molecule has 5 aromatic rings. The molecule has 75 heavy (non-hydrogen) atoms. The van der Waals surface area contributed by atoms with Crippen LogP contribution in [-0.2, 0) is 90.4 Å². The maximum Gasteiger partial charge on any atom is 0.475 e. The van der Waals surface area contributed by atoms with Crippen molar-refractivity contribution in [2.45, 2.75) is 127 Å². The normalized spacial score (nSPS) is 23.1. The van der Waals surface area contributed by atoms with Gasteiger partial charge in [0.15, 0.2) is 20.8 Å². The van der Waals surface area contributed by atoms with Gasteiger partial charge >= 0.3 is 25.4 Å². The Hall–Kier alpha value is -5.18. The monoisotopic (exact) mass is 1090 g/mol. The number of alkyl halides is 3. The highest BCUT2D eigenvalue weighted by Gasteiger charge is 2.54. The van der Waals surface area contributed by atoms with Gasteiger partial charge in [-0.15, -0.1) is 0 Å². The number of hydrogen-bond donors (Lipinski definition) is 1. The minimum absolute atomic E-state index is 0.0628. The second-order valence-electron chi connectivity index (χ2n) is 19.3. The van der Waals surface area contributed by atoms with E-state index in [0.717, 1.165) is 59.9 Å². The van der Waals surface area contributed by atoms with E-state index in [1.165, 1.54) is 32.5 Å². The molecule has 25 heteroatoms. The number of benzene rings is 3. The molecule has 2 saturated heterocycles. The molecule has 2 aromatic heterocycles. The zero-order valence-electron chi connectivity index (χ0n) is 42.4. The lowest BCUT2D eigenvalue weighted by Gasteiger charge is -2.40. The van der Waals surface area contributed by atoms with Crippen LogP contribution in [0.3, 0.4) is 0 Å². The molecular formula is C50H62F3N4O16PSi. The van der Waals surface area contributed by atoms with Gasteiger partial charge in [0.05, 0.1) is 38.6 Å². The lowest BCUT2D eigenvalue weighted by molar-refractivity contribution is -0.138. The third-order valence-electron chi connectivity index (χ3n) is 13.3. The molecule has 9 atom stereocenters. The first-order valence-electron chi connectivity index (χ1n) is 23.8. The zero-order valence-corrected chi connectivity index (χ0v) is 44.3. The van der Waals surface area contributed by atoms with Gasteiger partial charge in [-0.25, -0.2) is 23.3 Å². The van der Waals surface area contributed by atoms with Gasteiger partial charge in [0, 0.05) is 38.7 Å². The Balaban J connectivity index is 1.21. The van der Waals surface area contributed by atoms with Crippen LogP contribution >= 0.6 is 7.82 Å². The average Bonchev–Trinajstić information content (AvgIpc) is 3.90. The fourth-order valence-corrected chi connectivity index (χ4v) is 11.0. The molecule has 20 nitrogen and oxygen atoms in total. The minimum Gasteiger partial charge on any atom is -0.408 e. The Morgan fingerprint density at radius 2 is 1.12 bits per heavy atom. The van der Waals surface area contributed by atoms with E-state index in [1.807, 2.05) is 70.3 Å². The number of hydrogen-bond acceptors (Lipinski definition) is 16. The van der Waals surface area contributed by atoms with E-state index in [-0.39, 0.29) is 13.2 Å².